The summed E-state index contributed by atoms with van der Waals surface area (Å²) < 4.78 is 1.63. The van der Waals surface area contributed by atoms with E-state index in [-0.39, 0.29) is 5.82 Å². The van der Waals surface area contributed by atoms with Gasteiger partial charge in [0, 0.05) is 6.20 Å². The van der Waals surface area contributed by atoms with Gasteiger partial charge in [-0.2, -0.15) is 0 Å². The van der Waals surface area contributed by atoms with Crippen molar-refractivity contribution < 1.29 is 4.79 Å². The van der Waals surface area contributed by atoms with E-state index in [1.807, 2.05) is 6.07 Å². The third kappa shape index (κ3) is 0.778. The second kappa shape index (κ2) is 1.85. The van der Waals surface area contributed by atoms with Crippen molar-refractivity contribution in [2.24, 2.45) is 5.73 Å². The second-order valence-electron chi connectivity index (χ2n) is 2.17. The fraction of sp³-hybridized carbons (Fsp3) is 0. The number of H-pyrrole nitrogens is 1. The molecular formula is C6H6N4O. The van der Waals surface area contributed by atoms with E-state index in [2.05, 4.69) is 10.1 Å². The molecule has 0 bridgehead atoms. The lowest BCUT2D eigenvalue weighted by Crippen LogP contribution is -2.13. The molecule has 0 atom stereocenters. The number of hydrogen-bond acceptors (Lipinski definition) is 2. The van der Waals surface area contributed by atoms with Gasteiger partial charge in [-0.3, -0.25) is 9.89 Å². The first-order chi connectivity index (χ1) is 5.27. The predicted molar refractivity (Wildman–Crippen MR) is 38.1 cm³/mol. The molecule has 0 aromatic carbocycles. The zero-order valence-electron chi connectivity index (χ0n) is 5.61. The number of primary amides is 1. The van der Waals surface area contributed by atoms with Crippen molar-refractivity contribution in [3.05, 3.63) is 24.2 Å². The molecule has 0 spiro atoms. The molecule has 2 heterocycles. The lowest BCUT2D eigenvalue weighted by atomic mass is 10.6. The van der Waals surface area contributed by atoms with Crippen LogP contribution in [0.3, 0.4) is 0 Å². The standard InChI is InChI=1S/C6H6N4O/c7-5(11)6-8-4-2-1-3-10(4)9-6/h1-3H,(H2,7,11)(H,8,9). The molecule has 0 unspecified atom stereocenters. The highest BCUT2D eigenvalue weighted by molar-refractivity contribution is 5.89. The molecule has 5 nitrogen and oxygen atoms in total. The number of nitrogens with zero attached hydrogens (tertiary/aromatic N) is 2. The van der Waals surface area contributed by atoms with Crippen LogP contribution >= 0.6 is 0 Å². The first kappa shape index (κ1) is 5.96. The maximum Gasteiger partial charge on any atom is 0.286 e. The number of carbonyl (C=O) groups excluding carboxylic acids is 1. The Kier molecular flexibility index (Phi) is 1.00. The summed E-state index contributed by atoms with van der Waals surface area (Å²) in [5.41, 5.74) is 5.68. The number of fused-ring (bicyclic) bond motifs is 1. The van der Waals surface area contributed by atoms with Gasteiger partial charge in [0.2, 0.25) is 5.82 Å². The summed E-state index contributed by atoms with van der Waals surface area (Å²) in [6, 6.07) is 3.60. The summed E-state index contributed by atoms with van der Waals surface area (Å²) in [6.45, 7) is 0. The van der Waals surface area contributed by atoms with Gasteiger partial charge >= 0.3 is 0 Å². The number of nitrogens with one attached hydrogen (secondary N) is 1. The predicted octanol–water partition coefficient (Wildman–Crippen LogP) is -0.239. The molecule has 0 saturated heterocycles. The summed E-state index contributed by atoms with van der Waals surface area (Å²) >= 11 is 0. The summed E-state index contributed by atoms with van der Waals surface area (Å²) in [4.78, 5) is 14.5. The van der Waals surface area contributed by atoms with Gasteiger partial charge in [-0.1, -0.05) is 0 Å². The highest BCUT2D eigenvalue weighted by Gasteiger charge is 2.05. The van der Waals surface area contributed by atoms with E-state index >= 15 is 0 Å². The Morgan fingerprint density at radius 2 is 2.55 bits per heavy atom. The first-order valence-corrected chi connectivity index (χ1v) is 3.10. The van der Waals surface area contributed by atoms with Crippen molar-refractivity contribution in [1.82, 2.24) is 14.6 Å². The Morgan fingerprint density at radius 3 is 3.18 bits per heavy atom. The number of aromatic amines is 1. The normalized spacial score (nSPS) is 10.5. The zero-order valence-corrected chi connectivity index (χ0v) is 5.61. The SMILES string of the molecule is NC(=O)c1nc2cccn2[nH]1. The van der Waals surface area contributed by atoms with Crippen molar-refractivity contribution in [3.8, 4) is 0 Å². The molecule has 2 aromatic heterocycles. The fourth-order valence-electron chi connectivity index (χ4n) is 0.921. The van der Waals surface area contributed by atoms with Gasteiger partial charge in [0.1, 0.15) is 0 Å². The van der Waals surface area contributed by atoms with E-state index < -0.39 is 5.91 Å². The van der Waals surface area contributed by atoms with E-state index in [1.165, 1.54) is 0 Å². The van der Waals surface area contributed by atoms with Crippen LogP contribution in [-0.2, 0) is 0 Å². The summed E-state index contributed by atoms with van der Waals surface area (Å²) in [5.74, 6) is -0.366. The highest BCUT2D eigenvalue weighted by Crippen LogP contribution is 1.99. The van der Waals surface area contributed by atoms with Crippen molar-refractivity contribution in [1.29, 1.82) is 0 Å². The molecule has 0 radical (unpaired) electrons. The van der Waals surface area contributed by atoms with Gasteiger partial charge in [-0.15, -0.1) is 0 Å². The van der Waals surface area contributed by atoms with E-state index in [4.69, 9.17) is 5.73 Å². The van der Waals surface area contributed by atoms with Crippen molar-refractivity contribution in [2.45, 2.75) is 0 Å². The zero-order chi connectivity index (χ0) is 7.84. The minimum Gasteiger partial charge on any atom is -0.363 e. The molecule has 2 rings (SSSR count). The molecule has 5 heteroatoms. The third-order valence-corrected chi connectivity index (χ3v) is 1.41. The molecule has 0 aliphatic carbocycles. The lowest BCUT2D eigenvalue weighted by Gasteiger charge is -1.82. The number of aromatic nitrogens is 3. The van der Waals surface area contributed by atoms with Gasteiger partial charge in [-0.05, 0) is 12.1 Å². The Hall–Kier alpha value is -1.78. The van der Waals surface area contributed by atoms with Gasteiger partial charge in [0.05, 0.1) is 0 Å². The number of nitrogens with two attached hydrogens (primary N) is 1. The fourth-order valence-corrected chi connectivity index (χ4v) is 0.921. The highest BCUT2D eigenvalue weighted by atomic mass is 16.1. The lowest BCUT2D eigenvalue weighted by molar-refractivity contribution is 0.0990. The van der Waals surface area contributed by atoms with Crippen LogP contribution in [-0.4, -0.2) is 20.5 Å². The van der Waals surface area contributed by atoms with Crippen LogP contribution in [0.2, 0.25) is 0 Å². The maximum atomic E-state index is 10.6. The largest absolute Gasteiger partial charge is 0.363 e. The molecule has 1 amide bonds. The van der Waals surface area contributed by atoms with Crippen molar-refractivity contribution in [3.63, 3.8) is 0 Å². The third-order valence-electron chi connectivity index (χ3n) is 1.41. The van der Waals surface area contributed by atoms with Crippen LogP contribution in [0, 0.1) is 0 Å². The van der Waals surface area contributed by atoms with E-state index in [0.717, 1.165) is 0 Å². The van der Waals surface area contributed by atoms with Crippen LogP contribution in [0.25, 0.3) is 5.65 Å². The molecule has 0 saturated carbocycles. The summed E-state index contributed by atoms with van der Waals surface area (Å²) in [7, 11) is 0. The van der Waals surface area contributed by atoms with Gasteiger partial charge in [0.25, 0.3) is 5.91 Å². The Labute approximate surface area is 61.8 Å². The van der Waals surface area contributed by atoms with Crippen molar-refractivity contribution >= 4 is 11.6 Å². The summed E-state index contributed by atoms with van der Waals surface area (Å²) in [6.07, 6.45) is 1.76. The monoisotopic (exact) mass is 150 g/mol. The minimum atomic E-state index is -0.547. The number of rotatable bonds is 1. The Balaban J connectivity index is 2.67. The molecule has 3 N–H and O–H groups in total. The molecule has 11 heavy (non-hydrogen) atoms. The maximum absolute atomic E-state index is 10.6. The van der Waals surface area contributed by atoms with E-state index in [9.17, 15) is 4.79 Å². The smallest absolute Gasteiger partial charge is 0.286 e. The Morgan fingerprint density at radius 1 is 1.73 bits per heavy atom. The van der Waals surface area contributed by atoms with Gasteiger partial charge in [0.15, 0.2) is 5.65 Å². The van der Waals surface area contributed by atoms with Crippen LogP contribution in [0.4, 0.5) is 0 Å². The molecule has 2 aromatic rings. The average Bonchev–Trinajstić information content (AvgIpc) is 2.40. The number of carbonyl (C=O) groups is 1. The van der Waals surface area contributed by atoms with Crippen LogP contribution < -0.4 is 5.73 Å². The molecule has 0 fully saturated rings. The van der Waals surface area contributed by atoms with Crippen LogP contribution in [0.5, 0.6) is 0 Å². The Bertz CT molecular complexity index is 371. The van der Waals surface area contributed by atoms with E-state index in [0.29, 0.717) is 5.65 Å². The first-order valence-electron chi connectivity index (χ1n) is 3.10. The van der Waals surface area contributed by atoms with Gasteiger partial charge < -0.3 is 5.73 Å². The molecular weight excluding hydrogens is 144 g/mol. The topological polar surface area (TPSA) is 76.2 Å². The summed E-state index contributed by atoms with van der Waals surface area (Å²) in [5, 5.41) is 2.71. The molecule has 0 aliphatic rings. The quantitative estimate of drug-likeness (QED) is 0.588. The van der Waals surface area contributed by atoms with Gasteiger partial charge in [-0.25, -0.2) is 9.50 Å². The number of hydrogen-bond donors (Lipinski definition) is 2. The van der Waals surface area contributed by atoms with Crippen molar-refractivity contribution in [2.75, 3.05) is 0 Å². The minimum absolute atomic E-state index is 0.181. The van der Waals surface area contributed by atoms with Crippen LogP contribution in [0.1, 0.15) is 10.6 Å². The second-order valence-corrected chi connectivity index (χ2v) is 2.17. The molecule has 0 aliphatic heterocycles. The molecule has 56 valence electrons. The average molecular weight is 150 g/mol. The van der Waals surface area contributed by atoms with Crippen LogP contribution in [0.15, 0.2) is 18.3 Å². The van der Waals surface area contributed by atoms with E-state index in [1.54, 1.807) is 16.8 Å². The number of amides is 1.